The molecule has 0 heterocycles. The van der Waals surface area contributed by atoms with E-state index in [1.54, 1.807) is 63.2 Å². The lowest BCUT2D eigenvalue weighted by molar-refractivity contribution is 0.0635. The van der Waals surface area contributed by atoms with Crippen LogP contribution in [0.2, 0.25) is 5.02 Å². The molecule has 0 atom stereocenters. The molecule has 2 N–H and O–H groups in total. The van der Waals surface area contributed by atoms with Gasteiger partial charge in [-0.1, -0.05) is 23.7 Å². The number of halogens is 1. The van der Waals surface area contributed by atoms with Crippen molar-refractivity contribution in [2.24, 2.45) is 0 Å². The van der Waals surface area contributed by atoms with Crippen molar-refractivity contribution in [3.63, 3.8) is 0 Å². The number of nitrogens with one attached hydrogen (secondary N) is 2. The predicted molar refractivity (Wildman–Crippen MR) is 100 cm³/mol. The Balaban J connectivity index is 2.11. The molecule has 2 aromatic carbocycles. The van der Waals surface area contributed by atoms with Gasteiger partial charge in [0, 0.05) is 22.0 Å². The maximum Gasteiger partial charge on any atom is 0.412 e. The number of carbonyl (C=O) groups excluding carboxylic acids is 2. The van der Waals surface area contributed by atoms with Crippen LogP contribution in [0.5, 0.6) is 0 Å². The first-order chi connectivity index (χ1) is 11.7. The van der Waals surface area contributed by atoms with Crippen molar-refractivity contribution in [2.45, 2.75) is 33.3 Å². The number of ether oxygens (including phenoxy) is 1. The topological polar surface area (TPSA) is 67.4 Å². The molecule has 25 heavy (non-hydrogen) atoms. The second-order valence-electron chi connectivity index (χ2n) is 6.57. The van der Waals surface area contributed by atoms with Crippen molar-refractivity contribution in [2.75, 3.05) is 10.6 Å². The van der Waals surface area contributed by atoms with E-state index in [9.17, 15) is 9.59 Å². The van der Waals surface area contributed by atoms with Gasteiger partial charge in [0.1, 0.15) is 5.60 Å². The van der Waals surface area contributed by atoms with Crippen LogP contribution >= 0.6 is 11.6 Å². The van der Waals surface area contributed by atoms with Gasteiger partial charge < -0.3 is 10.1 Å². The summed E-state index contributed by atoms with van der Waals surface area (Å²) >= 11 is 6.07. The van der Waals surface area contributed by atoms with Gasteiger partial charge in [0.15, 0.2) is 0 Å². The summed E-state index contributed by atoms with van der Waals surface area (Å²) in [4.78, 5) is 24.3. The summed E-state index contributed by atoms with van der Waals surface area (Å²) in [6, 6.07) is 11.9. The minimum Gasteiger partial charge on any atom is -0.444 e. The Morgan fingerprint density at radius 1 is 1.04 bits per heavy atom. The third kappa shape index (κ3) is 5.50. The summed E-state index contributed by atoms with van der Waals surface area (Å²) in [5.74, 6) is -0.293. The molecule has 5 nitrogen and oxygen atoms in total. The molecule has 6 heteroatoms. The fourth-order valence-electron chi connectivity index (χ4n) is 2.10. The highest BCUT2D eigenvalue weighted by molar-refractivity contribution is 6.31. The van der Waals surface area contributed by atoms with Crippen LogP contribution in [0.4, 0.5) is 16.2 Å². The van der Waals surface area contributed by atoms with E-state index in [-0.39, 0.29) is 5.91 Å². The summed E-state index contributed by atoms with van der Waals surface area (Å²) in [5.41, 5.74) is 1.73. The molecule has 0 radical (unpaired) electrons. The fraction of sp³-hybridized carbons (Fsp3) is 0.263. The molecule has 0 unspecified atom stereocenters. The van der Waals surface area contributed by atoms with Crippen molar-refractivity contribution in [3.8, 4) is 0 Å². The number of rotatable bonds is 3. The molecular formula is C19H21ClN2O3. The van der Waals surface area contributed by atoms with Crippen molar-refractivity contribution in [1.29, 1.82) is 0 Å². The van der Waals surface area contributed by atoms with Gasteiger partial charge >= 0.3 is 6.09 Å². The highest BCUT2D eigenvalue weighted by Gasteiger charge is 2.17. The second kappa shape index (κ2) is 7.57. The number of hydrogen-bond donors (Lipinski definition) is 2. The molecule has 2 rings (SSSR count). The standard InChI is InChI=1S/C19H21ClN2O3/c1-12-15(20)9-6-10-16(12)22-17(23)13-7-5-8-14(11-13)21-18(24)25-19(2,3)4/h5-11H,1-4H3,(H,21,24)(H,22,23). The summed E-state index contributed by atoms with van der Waals surface area (Å²) in [6.45, 7) is 7.18. The van der Waals surface area contributed by atoms with Gasteiger partial charge in [-0.15, -0.1) is 0 Å². The second-order valence-corrected chi connectivity index (χ2v) is 6.98. The maximum absolute atomic E-state index is 12.4. The zero-order valence-electron chi connectivity index (χ0n) is 14.6. The van der Waals surface area contributed by atoms with Gasteiger partial charge in [-0.05, 0) is 63.6 Å². The molecule has 0 aliphatic rings. The van der Waals surface area contributed by atoms with Crippen LogP contribution in [0.25, 0.3) is 0 Å². The third-order valence-electron chi connectivity index (χ3n) is 3.29. The SMILES string of the molecule is Cc1c(Cl)cccc1NC(=O)c1cccc(NC(=O)OC(C)(C)C)c1. The van der Waals surface area contributed by atoms with Crippen LogP contribution in [0.1, 0.15) is 36.7 Å². The van der Waals surface area contributed by atoms with E-state index in [1.807, 2.05) is 6.92 Å². The zero-order valence-corrected chi connectivity index (χ0v) is 15.4. The van der Waals surface area contributed by atoms with E-state index in [2.05, 4.69) is 10.6 Å². The Morgan fingerprint density at radius 2 is 1.72 bits per heavy atom. The molecule has 2 aromatic rings. The largest absolute Gasteiger partial charge is 0.444 e. The molecular weight excluding hydrogens is 340 g/mol. The highest BCUT2D eigenvalue weighted by atomic mass is 35.5. The minimum absolute atomic E-state index is 0.293. The molecule has 0 spiro atoms. The van der Waals surface area contributed by atoms with Gasteiger partial charge in [-0.25, -0.2) is 4.79 Å². The predicted octanol–water partition coefficient (Wildman–Crippen LogP) is 5.25. The molecule has 132 valence electrons. The summed E-state index contributed by atoms with van der Waals surface area (Å²) in [7, 11) is 0. The minimum atomic E-state index is -0.594. The van der Waals surface area contributed by atoms with Crippen LogP contribution in [0.3, 0.4) is 0 Å². The van der Waals surface area contributed by atoms with Crippen LogP contribution in [0.15, 0.2) is 42.5 Å². The Labute approximate surface area is 152 Å². The van der Waals surface area contributed by atoms with Crippen LogP contribution in [-0.2, 0) is 4.74 Å². The van der Waals surface area contributed by atoms with E-state index in [0.717, 1.165) is 5.56 Å². The molecule has 0 saturated carbocycles. The van der Waals surface area contributed by atoms with Gasteiger partial charge in [-0.2, -0.15) is 0 Å². The molecule has 0 fully saturated rings. The Kier molecular flexibility index (Phi) is 5.69. The normalized spacial score (nSPS) is 10.9. The molecule has 0 bridgehead atoms. The van der Waals surface area contributed by atoms with Crippen molar-refractivity contribution >= 4 is 35.0 Å². The van der Waals surface area contributed by atoms with E-state index >= 15 is 0 Å². The van der Waals surface area contributed by atoms with E-state index in [1.165, 1.54) is 0 Å². The van der Waals surface area contributed by atoms with E-state index in [4.69, 9.17) is 16.3 Å². The lowest BCUT2D eigenvalue weighted by Gasteiger charge is -2.19. The Morgan fingerprint density at radius 3 is 2.40 bits per heavy atom. The van der Waals surface area contributed by atoms with E-state index < -0.39 is 11.7 Å². The average molecular weight is 361 g/mol. The molecule has 0 saturated heterocycles. The van der Waals surface area contributed by atoms with E-state index in [0.29, 0.717) is 22.0 Å². The number of amides is 2. The van der Waals surface area contributed by atoms with Crippen LogP contribution < -0.4 is 10.6 Å². The number of benzene rings is 2. The molecule has 0 aliphatic heterocycles. The summed E-state index contributed by atoms with van der Waals surface area (Å²) in [5, 5.41) is 6.02. The first-order valence-corrected chi connectivity index (χ1v) is 8.20. The van der Waals surface area contributed by atoms with Gasteiger partial charge in [-0.3, -0.25) is 10.1 Å². The van der Waals surface area contributed by atoms with Gasteiger partial charge in [0.2, 0.25) is 0 Å². The molecule has 0 aromatic heterocycles. The maximum atomic E-state index is 12.4. The smallest absolute Gasteiger partial charge is 0.412 e. The van der Waals surface area contributed by atoms with Gasteiger partial charge in [0.05, 0.1) is 0 Å². The Hall–Kier alpha value is -2.53. The van der Waals surface area contributed by atoms with Crippen molar-refractivity contribution < 1.29 is 14.3 Å². The molecule has 0 aliphatic carbocycles. The van der Waals surface area contributed by atoms with Crippen LogP contribution in [0, 0.1) is 6.92 Å². The monoisotopic (exact) mass is 360 g/mol. The van der Waals surface area contributed by atoms with Gasteiger partial charge in [0.25, 0.3) is 5.91 Å². The third-order valence-corrected chi connectivity index (χ3v) is 3.70. The van der Waals surface area contributed by atoms with Crippen LogP contribution in [-0.4, -0.2) is 17.6 Å². The fourth-order valence-corrected chi connectivity index (χ4v) is 2.27. The highest BCUT2D eigenvalue weighted by Crippen LogP contribution is 2.24. The molecule has 2 amide bonds. The first kappa shape index (κ1) is 18.8. The summed E-state index contributed by atoms with van der Waals surface area (Å²) < 4.78 is 5.20. The van der Waals surface area contributed by atoms with Crippen molar-refractivity contribution in [3.05, 3.63) is 58.6 Å². The van der Waals surface area contributed by atoms with Crippen molar-refractivity contribution in [1.82, 2.24) is 0 Å². The zero-order chi connectivity index (χ0) is 18.6. The number of hydrogen-bond acceptors (Lipinski definition) is 3. The average Bonchev–Trinajstić information content (AvgIpc) is 2.50. The number of anilines is 2. The first-order valence-electron chi connectivity index (χ1n) is 7.82. The number of carbonyl (C=O) groups is 2. The lowest BCUT2D eigenvalue weighted by Crippen LogP contribution is -2.27. The lowest BCUT2D eigenvalue weighted by atomic mass is 10.1. The Bertz CT molecular complexity index is 797. The quantitative estimate of drug-likeness (QED) is 0.785. The summed E-state index contributed by atoms with van der Waals surface area (Å²) in [6.07, 6.45) is -0.573.